The molecule has 1 unspecified atom stereocenters. The highest BCUT2D eigenvalue weighted by Crippen LogP contribution is 2.65. The number of hydrogen-bond donors (Lipinski definition) is 4. The zero-order valence-corrected chi connectivity index (χ0v) is 27.5. The van der Waals surface area contributed by atoms with Crippen molar-refractivity contribution in [1.29, 1.82) is 0 Å². The van der Waals surface area contributed by atoms with Gasteiger partial charge in [0.2, 0.25) is 17.6 Å². The number of urea groups is 1. The second-order valence-electron chi connectivity index (χ2n) is 14.2. The predicted octanol–water partition coefficient (Wildman–Crippen LogP) is 2.43. The van der Waals surface area contributed by atoms with Crippen LogP contribution in [-0.4, -0.2) is 77.3 Å². The summed E-state index contributed by atoms with van der Waals surface area (Å²) in [5, 5.41) is 7.42. The van der Waals surface area contributed by atoms with E-state index in [1.165, 1.54) is 11.2 Å². The number of primary amides is 1. The van der Waals surface area contributed by atoms with Crippen LogP contribution in [0.5, 0.6) is 0 Å². The fraction of sp³-hybridized carbons (Fsp3) is 0.677. The Kier molecular flexibility index (Phi) is 11.1. The van der Waals surface area contributed by atoms with E-state index in [0.717, 1.165) is 0 Å². The van der Waals surface area contributed by atoms with Crippen molar-refractivity contribution >= 4 is 35.5 Å². The summed E-state index contributed by atoms with van der Waals surface area (Å²) in [4.78, 5) is 78.9. The Morgan fingerprint density at radius 1 is 1.09 bits per heavy atom. The maximum atomic E-state index is 14.1. The number of esters is 1. The number of furan rings is 1. The van der Waals surface area contributed by atoms with E-state index in [4.69, 9.17) is 14.9 Å². The first kappa shape index (κ1) is 37.3. The molecule has 0 bridgehead atoms. The van der Waals surface area contributed by atoms with Gasteiger partial charge in [0.25, 0.3) is 5.91 Å². The number of ketones is 1. The number of halogens is 3. The zero-order chi connectivity index (χ0) is 35.6. The molecule has 6 atom stereocenters. The average Bonchev–Trinajstić information content (AvgIpc) is 3.38. The molecule has 1 saturated heterocycles. The number of ether oxygens (including phenoxy) is 1. The van der Waals surface area contributed by atoms with Crippen molar-refractivity contribution in [2.24, 2.45) is 34.3 Å². The van der Waals surface area contributed by atoms with E-state index in [0.29, 0.717) is 5.76 Å². The van der Waals surface area contributed by atoms with Crippen LogP contribution in [0.25, 0.3) is 0 Å². The van der Waals surface area contributed by atoms with Gasteiger partial charge in [0.1, 0.15) is 30.5 Å². The van der Waals surface area contributed by atoms with Crippen LogP contribution in [0.2, 0.25) is 0 Å². The van der Waals surface area contributed by atoms with Gasteiger partial charge in [-0.05, 0) is 47.1 Å². The van der Waals surface area contributed by atoms with Crippen molar-refractivity contribution in [2.75, 3.05) is 6.54 Å². The molecule has 1 aliphatic carbocycles. The molecule has 1 aliphatic heterocycles. The molecule has 1 aromatic rings. The highest BCUT2D eigenvalue weighted by Gasteiger charge is 2.70. The lowest BCUT2D eigenvalue weighted by atomic mass is 9.85. The molecule has 0 spiro atoms. The Morgan fingerprint density at radius 2 is 1.72 bits per heavy atom. The third-order valence-electron chi connectivity index (χ3n) is 8.88. The molecule has 16 heteroatoms. The first-order chi connectivity index (χ1) is 21.6. The summed E-state index contributed by atoms with van der Waals surface area (Å²) in [5.41, 5.74) is 3.72. The standard InChI is InChI=1S/C31H44F3N5O8/c1-15(2)20(27(44)47-14-16-9-8-12-46-16)37-28(45)38-23(29(3,4)5)26(43)39-13-17-19(30(17,6)7)21(39)25(42)36-18(22(40)24(35)41)10-11-31(32,33)34/h8-9,12,15,17-21,23H,10-11,13-14H2,1-7H3,(H2,35,41)(H,36,42)(H2,37,38,45)/t17-,18?,19-,20-,21-,23+/m0/s1. The number of amides is 5. The Bertz CT molecular complexity index is 1360. The van der Waals surface area contributed by atoms with Crippen LogP contribution in [0.15, 0.2) is 22.8 Å². The van der Waals surface area contributed by atoms with Gasteiger partial charge in [-0.1, -0.05) is 48.5 Å². The van der Waals surface area contributed by atoms with Gasteiger partial charge >= 0.3 is 18.2 Å². The van der Waals surface area contributed by atoms with Crippen LogP contribution in [0.3, 0.4) is 0 Å². The summed E-state index contributed by atoms with van der Waals surface area (Å²) in [6.07, 6.45) is -5.62. The van der Waals surface area contributed by atoms with E-state index in [2.05, 4.69) is 16.0 Å². The van der Waals surface area contributed by atoms with Gasteiger partial charge in [0.05, 0.1) is 12.3 Å². The minimum absolute atomic E-state index is 0.106. The molecule has 5 amide bonds. The van der Waals surface area contributed by atoms with Gasteiger partial charge in [0, 0.05) is 13.0 Å². The van der Waals surface area contributed by atoms with E-state index in [1.807, 2.05) is 13.8 Å². The number of piperidine rings is 1. The monoisotopic (exact) mass is 671 g/mol. The second-order valence-corrected chi connectivity index (χ2v) is 14.2. The summed E-state index contributed by atoms with van der Waals surface area (Å²) in [6.45, 7) is 12.1. The van der Waals surface area contributed by atoms with Crippen LogP contribution < -0.4 is 21.7 Å². The minimum Gasteiger partial charge on any atom is -0.466 e. The number of carbonyl (C=O) groups excluding carboxylic acids is 6. The van der Waals surface area contributed by atoms with Crippen molar-refractivity contribution in [3.63, 3.8) is 0 Å². The molecule has 262 valence electrons. The number of rotatable bonds is 13. The van der Waals surface area contributed by atoms with Gasteiger partial charge < -0.3 is 35.7 Å². The number of Topliss-reactive ketones (excluding diaryl/α,β-unsaturated/α-hetero) is 1. The quantitative estimate of drug-likeness (QED) is 0.182. The van der Waals surface area contributed by atoms with Gasteiger partial charge in [-0.25, -0.2) is 9.59 Å². The number of nitrogens with two attached hydrogens (primary N) is 1. The number of nitrogens with zero attached hydrogens (tertiary/aromatic N) is 1. The third kappa shape index (κ3) is 9.04. The number of alkyl halides is 3. The van der Waals surface area contributed by atoms with Gasteiger partial charge in [0.15, 0.2) is 0 Å². The Labute approximate surface area is 270 Å². The molecule has 0 radical (unpaired) electrons. The molecule has 3 rings (SSSR count). The highest BCUT2D eigenvalue weighted by molar-refractivity contribution is 6.37. The topological polar surface area (TPSA) is 190 Å². The van der Waals surface area contributed by atoms with E-state index < -0.39 is 101 Å². The third-order valence-corrected chi connectivity index (χ3v) is 8.88. The molecular formula is C31H44F3N5O8. The second kappa shape index (κ2) is 13.9. The molecule has 47 heavy (non-hydrogen) atoms. The lowest BCUT2D eigenvalue weighted by molar-refractivity contribution is -0.149. The molecule has 2 fully saturated rings. The smallest absolute Gasteiger partial charge is 0.389 e. The number of carbonyl (C=O) groups is 6. The molecule has 1 saturated carbocycles. The fourth-order valence-corrected chi connectivity index (χ4v) is 6.07. The fourth-order valence-electron chi connectivity index (χ4n) is 6.07. The van der Waals surface area contributed by atoms with Gasteiger partial charge in [-0.15, -0.1) is 0 Å². The lowest BCUT2D eigenvalue weighted by Crippen LogP contribution is -2.62. The maximum absolute atomic E-state index is 14.1. The van der Waals surface area contributed by atoms with Crippen LogP contribution in [-0.2, 0) is 35.3 Å². The number of likely N-dealkylation sites (tertiary alicyclic amines) is 1. The van der Waals surface area contributed by atoms with Crippen molar-refractivity contribution < 1.29 is 51.1 Å². The average molecular weight is 672 g/mol. The van der Waals surface area contributed by atoms with Gasteiger partial charge in [-0.2, -0.15) is 13.2 Å². The van der Waals surface area contributed by atoms with Crippen LogP contribution in [0.1, 0.15) is 67.1 Å². The summed E-state index contributed by atoms with van der Waals surface area (Å²) >= 11 is 0. The molecule has 2 heterocycles. The van der Waals surface area contributed by atoms with Crippen molar-refractivity contribution in [1.82, 2.24) is 20.9 Å². The molecule has 2 aliphatic rings. The first-order valence-electron chi connectivity index (χ1n) is 15.3. The minimum atomic E-state index is -4.67. The maximum Gasteiger partial charge on any atom is 0.389 e. The van der Waals surface area contributed by atoms with Gasteiger partial charge in [-0.3, -0.25) is 19.2 Å². The Hall–Kier alpha value is -4.11. The van der Waals surface area contributed by atoms with Crippen LogP contribution in [0.4, 0.5) is 18.0 Å². The van der Waals surface area contributed by atoms with E-state index in [-0.39, 0.29) is 19.1 Å². The Balaban J connectivity index is 1.79. The highest BCUT2D eigenvalue weighted by atomic mass is 19.4. The largest absolute Gasteiger partial charge is 0.466 e. The van der Waals surface area contributed by atoms with E-state index >= 15 is 0 Å². The molecular weight excluding hydrogens is 627 g/mol. The number of hydrogen-bond acceptors (Lipinski definition) is 8. The summed E-state index contributed by atoms with van der Waals surface area (Å²) < 4.78 is 49.3. The van der Waals surface area contributed by atoms with Crippen molar-refractivity contribution in [3.05, 3.63) is 24.2 Å². The predicted molar refractivity (Wildman–Crippen MR) is 160 cm³/mol. The molecule has 13 nitrogen and oxygen atoms in total. The summed E-state index contributed by atoms with van der Waals surface area (Å²) in [7, 11) is 0. The van der Waals surface area contributed by atoms with E-state index in [9.17, 15) is 41.9 Å². The number of fused-ring (bicyclic) bond motifs is 1. The Morgan fingerprint density at radius 3 is 2.23 bits per heavy atom. The molecule has 1 aromatic heterocycles. The van der Waals surface area contributed by atoms with Crippen molar-refractivity contribution in [3.8, 4) is 0 Å². The molecule has 5 N–H and O–H groups in total. The first-order valence-corrected chi connectivity index (χ1v) is 15.3. The SMILES string of the molecule is CC(C)[C@H](NC(=O)N[C@H](C(=O)N1C[C@H]2[C@@H]([C@H]1C(=O)NC(CCC(F)(F)F)C(=O)C(N)=O)C2(C)C)C(C)(C)C)C(=O)OCc1ccco1. The lowest BCUT2D eigenvalue weighted by Gasteiger charge is -2.38. The summed E-state index contributed by atoms with van der Waals surface area (Å²) in [6, 6.07) is -2.96. The number of nitrogens with one attached hydrogen (secondary N) is 3. The molecule has 0 aromatic carbocycles. The summed E-state index contributed by atoms with van der Waals surface area (Å²) in [5.74, 6) is -5.72. The van der Waals surface area contributed by atoms with Crippen LogP contribution >= 0.6 is 0 Å². The van der Waals surface area contributed by atoms with E-state index in [1.54, 1.807) is 46.8 Å². The van der Waals surface area contributed by atoms with Crippen molar-refractivity contribution in [2.45, 2.75) is 98.3 Å². The van der Waals surface area contributed by atoms with Crippen LogP contribution in [0, 0.1) is 28.6 Å². The zero-order valence-electron chi connectivity index (χ0n) is 27.5. The normalized spacial score (nSPS) is 22.0.